The maximum Gasteiger partial charge on any atom is 0.265 e. The highest BCUT2D eigenvalue weighted by Crippen LogP contribution is 2.42. The van der Waals surface area contributed by atoms with E-state index < -0.39 is 0 Å². The number of hydrogen-bond acceptors (Lipinski definition) is 3. The van der Waals surface area contributed by atoms with Gasteiger partial charge in [0.2, 0.25) is 0 Å². The Morgan fingerprint density at radius 2 is 2.24 bits per heavy atom. The number of amides is 1. The third kappa shape index (κ3) is 2.00. The number of quaternary nitrogens is 1. The largest absolute Gasteiger partial charge is 0.346 e. The number of thiophene rings is 1. The van der Waals surface area contributed by atoms with Crippen molar-refractivity contribution in [2.75, 3.05) is 25.4 Å². The fourth-order valence-corrected chi connectivity index (χ4v) is 4.95. The van der Waals surface area contributed by atoms with Gasteiger partial charge >= 0.3 is 0 Å². The van der Waals surface area contributed by atoms with Gasteiger partial charge in [-0.15, -0.1) is 23.1 Å². The van der Waals surface area contributed by atoms with E-state index in [0.717, 1.165) is 43.1 Å². The van der Waals surface area contributed by atoms with Gasteiger partial charge in [-0.3, -0.25) is 4.79 Å². The zero-order valence-electron chi connectivity index (χ0n) is 9.72. The Kier molecular flexibility index (Phi) is 3.15. The van der Waals surface area contributed by atoms with Gasteiger partial charge in [0, 0.05) is 25.1 Å². The van der Waals surface area contributed by atoms with Crippen molar-refractivity contribution in [1.82, 2.24) is 4.90 Å². The van der Waals surface area contributed by atoms with Crippen LogP contribution in [0, 0.1) is 0 Å². The molecule has 2 N–H and O–H groups in total. The predicted molar refractivity (Wildman–Crippen MR) is 71.4 cm³/mol. The SMILES string of the molecule is O=C(c1cccs1)N1CCSC12CC[NH2+]CC2. The quantitative estimate of drug-likeness (QED) is 0.825. The molecular weight excluding hydrogens is 252 g/mol. The van der Waals surface area contributed by atoms with Crippen molar-refractivity contribution in [1.29, 1.82) is 0 Å². The molecule has 0 aromatic carbocycles. The smallest absolute Gasteiger partial charge is 0.265 e. The molecule has 0 bridgehead atoms. The van der Waals surface area contributed by atoms with Crippen LogP contribution in [0.3, 0.4) is 0 Å². The maximum absolute atomic E-state index is 12.5. The van der Waals surface area contributed by atoms with Gasteiger partial charge < -0.3 is 10.2 Å². The summed E-state index contributed by atoms with van der Waals surface area (Å²) in [7, 11) is 0. The van der Waals surface area contributed by atoms with Crippen LogP contribution in [-0.2, 0) is 0 Å². The zero-order chi connectivity index (χ0) is 11.7. The fraction of sp³-hybridized carbons (Fsp3) is 0.583. The summed E-state index contributed by atoms with van der Waals surface area (Å²) in [6, 6.07) is 3.90. The molecule has 0 atom stereocenters. The summed E-state index contributed by atoms with van der Waals surface area (Å²) in [4.78, 5) is 15.6. The van der Waals surface area contributed by atoms with Crippen LogP contribution in [0.25, 0.3) is 0 Å². The molecule has 0 unspecified atom stereocenters. The van der Waals surface area contributed by atoms with Crippen LogP contribution >= 0.6 is 23.1 Å². The summed E-state index contributed by atoms with van der Waals surface area (Å²) in [5, 5.41) is 4.34. The van der Waals surface area contributed by atoms with Crippen LogP contribution in [0.5, 0.6) is 0 Å². The van der Waals surface area contributed by atoms with E-state index in [4.69, 9.17) is 0 Å². The third-order valence-electron chi connectivity index (χ3n) is 3.63. The molecule has 1 amide bonds. The summed E-state index contributed by atoms with van der Waals surface area (Å²) in [5.41, 5.74) is 0. The molecule has 2 fully saturated rings. The number of nitrogens with zero attached hydrogens (tertiary/aromatic N) is 1. The average Bonchev–Trinajstić information content (AvgIpc) is 2.99. The van der Waals surface area contributed by atoms with Crippen LogP contribution in [0.2, 0.25) is 0 Å². The normalized spacial score (nSPS) is 23.2. The zero-order valence-corrected chi connectivity index (χ0v) is 11.4. The van der Waals surface area contributed by atoms with E-state index in [1.807, 2.05) is 29.3 Å². The lowest BCUT2D eigenvalue weighted by Gasteiger charge is -2.39. The molecule has 3 heterocycles. The van der Waals surface area contributed by atoms with Gasteiger partial charge in [0.1, 0.15) is 0 Å². The molecule has 3 nitrogen and oxygen atoms in total. The van der Waals surface area contributed by atoms with Gasteiger partial charge in [-0.05, 0) is 11.4 Å². The van der Waals surface area contributed by atoms with Gasteiger partial charge in [0.15, 0.2) is 0 Å². The molecule has 5 heteroatoms. The van der Waals surface area contributed by atoms with Crippen LogP contribution < -0.4 is 5.32 Å². The summed E-state index contributed by atoms with van der Waals surface area (Å²) < 4.78 is 0. The van der Waals surface area contributed by atoms with E-state index in [1.54, 1.807) is 11.3 Å². The minimum absolute atomic E-state index is 0.107. The summed E-state index contributed by atoms with van der Waals surface area (Å²) >= 11 is 3.55. The van der Waals surface area contributed by atoms with Gasteiger partial charge in [0.05, 0.1) is 22.8 Å². The van der Waals surface area contributed by atoms with Crippen LogP contribution in [-0.4, -0.2) is 41.1 Å². The number of carbonyl (C=O) groups excluding carboxylic acids is 1. The van der Waals surface area contributed by atoms with Crippen molar-refractivity contribution in [2.24, 2.45) is 0 Å². The van der Waals surface area contributed by atoms with E-state index >= 15 is 0 Å². The minimum atomic E-state index is 0.107. The second-order valence-electron chi connectivity index (χ2n) is 4.59. The highest BCUT2D eigenvalue weighted by atomic mass is 32.2. The van der Waals surface area contributed by atoms with Crippen molar-refractivity contribution in [2.45, 2.75) is 17.7 Å². The molecule has 0 radical (unpaired) electrons. The van der Waals surface area contributed by atoms with E-state index in [-0.39, 0.29) is 10.8 Å². The number of piperidine rings is 1. The highest BCUT2D eigenvalue weighted by molar-refractivity contribution is 8.00. The van der Waals surface area contributed by atoms with Crippen molar-refractivity contribution >= 4 is 29.0 Å². The lowest BCUT2D eigenvalue weighted by Crippen LogP contribution is -2.88. The molecule has 1 spiro atoms. The lowest BCUT2D eigenvalue weighted by atomic mass is 10.0. The molecule has 1 aromatic heterocycles. The Morgan fingerprint density at radius 1 is 1.41 bits per heavy atom. The number of nitrogens with two attached hydrogens (primary N) is 1. The lowest BCUT2D eigenvalue weighted by molar-refractivity contribution is -0.664. The number of thioether (sulfide) groups is 1. The topological polar surface area (TPSA) is 36.9 Å². The molecule has 3 rings (SSSR count). The maximum atomic E-state index is 12.5. The Balaban J connectivity index is 1.84. The van der Waals surface area contributed by atoms with Crippen molar-refractivity contribution < 1.29 is 10.1 Å². The molecule has 0 aliphatic carbocycles. The molecular formula is C12H17N2OS2+. The van der Waals surface area contributed by atoms with Crippen LogP contribution in [0.1, 0.15) is 22.5 Å². The first kappa shape index (κ1) is 11.6. The molecule has 2 aliphatic rings. The predicted octanol–water partition coefficient (Wildman–Crippen LogP) is 0.991. The van der Waals surface area contributed by atoms with Crippen molar-refractivity contribution in [3.8, 4) is 0 Å². The molecule has 2 aliphatic heterocycles. The second kappa shape index (κ2) is 4.63. The van der Waals surface area contributed by atoms with E-state index in [1.165, 1.54) is 0 Å². The Labute approximate surface area is 110 Å². The number of hydrogen-bond donors (Lipinski definition) is 1. The van der Waals surface area contributed by atoms with Gasteiger partial charge in [-0.2, -0.15) is 0 Å². The average molecular weight is 269 g/mol. The fourth-order valence-electron chi connectivity index (χ4n) is 2.77. The van der Waals surface area contributed by atoms with Crippen molar-refractivity contribution in [3.05, 3.63) is 22.4 Å². The first-order valence-electron chi connectivity index (χ1n) is 6.13. The molecule has 17 heavy (non-hydrogen) atoms. The molecule has 92 valence electrons. The number of carbonyl (C=O) groups is 1. The minimum Gasteiger partial charge on any atom is -0.346 e. The highest BCUT2D eigenvalue weighted by Gasteiger charge is 2.46. The molecule has 2 saturated heterocycles. The first-order valence-corrected chi connectivity index (χ1v) is 7.99. The van der Waals surface area contributed by atoms with Gasteiger partial charge in [-0.25, -0.2) is 0 Å². The van der Waals surface area contributed by atoms with E-state index in [2.05, 4.69) is 10.2 Å². The van der Waals surface area contributed by atoms with Crippen molar-refractivity contribution in [3.63, 3.8) is 0 Å². The monoisotopic (exact) mass is 269 g/mol. The Morgan fingerprint density at radius 3 is 2.94 bits per heavy atom. The summed E-state index contributed by atoms with van der Waals surface area (Å²) in [6.45, 7) is 3.23. The second-order valence-corrected chi connectivity index (χ2v) is 7.00. The first-order chi connectivity index (χ1) is 8.32. The Bertz CT molecular complexity index is 399. The number of rotatable bonds is 1. The summed E-state index contributed by atoms with van der Waals surface area (Å²) in [5.74, 6) is 1.34. The third-order valence-corrected chi connectivity index (χ3v) is 6.04. The van der Waals surface area contributed by atoms with E-state index in [9.17, 15) is 4.79 Å². The van der Waals surface area contributed by atoms with Crippen LogP contribution in [0.4, 0.5) is 0 Å². The van der Waals surface area contributed by atoms with E-state index in [0.29, 0.717) is 0 Å². The Hall–Kier alpha value is -0.520. The van der Waals surface area contributed by atoms with Crippen LogP contribution in [0.15, 0.2) is 17.5 Å². The van der Waals surface area contributed by atoms with Gasteiger partial charge in [0.25, 0.3) is 5.91 Å². The van der Waals surface area contributed by atoms with Gasteiger partial charge in [-0.1, -0.05) is 6.07 Å². The summed E-state index contributed by atoms with van der Waals surface area (Å²) in [6.07, 6.45) is 2.27. The molecule has 0 saturated carbocycles. The molecule has 1 aromatic rings. The standard InChI is InChI=1S/C12H16N2OS2/c15-11(10-2-1-8-16-10)14-7-9-17-12(14)3-5-13-6-4-12/h1-2,8,13H,3-7,9H2/p+1.